The van der Waals surface area contributed by atoms with Crippen LogP contribution in [0.15, 0.2) is 0 Å². The van der Waals surface area contributed by atoms with Crippen LogP contribution < -0.4 is 5.32 Å². The van der Waals surface area contributed by atoms with Crippen LogP contribution >= 0.6 is 0 Å². The van der Waals surface area contributed by atoms with E-state index in [1.807, 2.05) is 34.6 Å². The van der Waals surface area contributed by atoms with Gasteiger partial charge in [-0.3, -0.25) is 5.32 Å². The summed E-state index contributed by atoms with van der Waals surface area (Å²) in [5, 5.41) is 3.24. The van der Waals surface area contributed by atoms with Crippen molar-refractivity contribution in [2.75, 3.05) is 13.2 Å². The molecule has 0 aromatic rings. The Morgan fingerprint density at radius 3 is 2.33 bits per heavy atom. The Bertz CT molecular complexity index is 243. The van der Waals surface area contributed by atoms with Gasteiger partial charge < -0.3 is 9.47 Å². The summed E-state index contributed by atoms with van der Waals surface area (Å²) >= 11 is 0. The summed E-state index contributed by atoms with van der Waals surface area (Å²) in [7, 11) is 0. The van der Waals surface area contributed by atoms with E-state index in [9.17, 15) is 4.79 Å². The monoisotopic (exact) mass is 259 g/mol. The molecule has 4 heteroatoms. The maximum atomic E-state index is 12.0. The molecule has 4 nitrogen and oxygen atoms in total. The van der Waals surface area contributed by atoms with Crippen molar-refractivity contribution >= 4 is 5.97 Å². The highest BCUT2D eigenvalue weighted by Gasteiger charge is 2.36. The molecule has 0 fully saturated rings. The first kappa shape index (κ1) is 17.4. The normalized spacial score (nSPS) is 16.4. The van der Waals surface area contributed by atoms with Gasteiger partial charge in [0.15, 0.2) is 0 Å². The average Bonchev–Trinajstić information content (AvgIpc) is 2.26. The minimum atomic E-state index is -0.772. The molecule has 0 aliphatic carbocycles. The van der Waals surface area contributed by atoms with E-state index in [0.29, 0.717) is 13.2 Å². The number of nitrogens with one attached hydrogen (secondary N) is 1. The van der Waals surface area contributed by atoms with Crippen LogP contribution in [-0.2, 0) is 14.3 Å². The summed E-state index contributed by atoms with van der Waals surface area (Å²) in [6, 6.07) is 0.199. The van der Waals surface area contributed by atoms with E-state index < -0.39 is 5.54 Å². The number of ether oxygens (including phenoxy) is 2. The SMILES string of the molecule is CCCC(C)OCC(C)(NC(C)C)C(=O)OCC. The van der Waals surface area contributed by atoms with Crippen LogP contribution in [0.4, 0.5) is 0 Å². The Morgan fingerprint density at radius 1 is 1.28 bits per heavy atom. The van der Waals surface area contributed by atoms with Crippen molar-refractivity contribution in [1.82, 2.24) is 5.32 Å². The van der Waals surface area contributed by atoms with Crippen molar-refractivity contribution in [2.45, 2.75) is 72.1 Å². The first-order valence-electron chi connectivity index (χ1n) is 6.92. The number of rotatable bonds is 9. The molecule has 2 atom stereocenters. The van der Waals surface area contributed by atoms with Crippen LogP contribution in [0.1, 0.15) is 54.4 Å². The van der Waals surface area contributed by atoms with Crippen LogP contribution in [0.25, 0.3) is 0 Å². The standard InChI is InChI=1S/C14H29NO3/c1-7-9-12(5)18-10-14(6,15-11(3)4)13(16)17-8-2/h11-12,15H,7-10H2,1-6H3. The lowest BCUT2D eigenvalue weighted by atomic mass is 10.0. The number of hydrogen-bond acceptors (Lipinski definition) is 4. The van der Waals surface area contributed by atoms with Crippen LogP contribution in [0.3, 0.4) is 0 Å². The van der Waals surface area contributed by atoms with Crippen molar-refractivity contribution < 1.29 is 14.3 Å². The predicted octanol–water partition coefficient (Wildman–Crippen LogP) is 2.51. The van der Waals surface area contributed by atoms with Crippen LogP contribution in [0.2, 0.25) is 0 Å². The van der Waals surface area contributed by atoms with E-state index in [0.717, 1.165) is 12.8 Å². The van der Waals surface area contributed by atoms with Gasteiger partial charge in [-0.1, -0.05) is 13.3 Å². The van der Waals surface area contributed by atoms with E-state index in [-0.39, 0.29) is 18.1 Å². The van der Waals surface area contributed by atoms with Crippen LogP contribution in [0, 0.1) is 0 Å². The summed E-state index contributed by atoms with van der Waals surface area (Å²) in [6.07, 6.45) is 2.24. The molecule has 2 unspecified atom stereocenters. The third-order valence-corrected chi connectivity index (χ3v) is 2.68. The van der Waals surface area contributed by atoms with Gasteiger partial charge in [-0.15, -0.1) is 0 Å². The van der Waals surface area contributed by atoms with E-state index in [1.165, 1.54) is 0 Å². The Kier molecular flexibility index (Phi) is 8.20. The number of esters is 1. The zero-order valence-electron chi connectivity index (χ0n) is 12.7. The molecule has 18 heavy (non-hydrogen) atoms. The van der Waals surface area contributed by atoms with Gasteiger partial charge in [0, 0.05) is 6.04 Å². The molecule has 0 saturated heterocycles. The zero-order valence-corrected chi connectivity index (χ0v) is 12.7. The zero-order chi connectivity index (χ0) is 14.2. The van der Waals surface area contributed by atoms with Crippen molar-refractivity contribution in [3.05, 3.63) is 0 Å². The van der Waals surface area contributed by atoms with E-state index in [2.05, 4.69) is 12.2 Å². The molecule has 108 valence electrons. The van der Waals surface area contributed by atoms with Crippen molar-refractivity contribution in [3.8, 4) is 0 Å². The molecule has 1 N–H and O–H groups in total. The molecular weight excluding hydrogens is 230 g/mol. The lowest BCUT2D eigenvalue weighted by Gasteiger charge is -2.31. The lowest BCUT2D eigenvalue weighted by Crippen LogP contribution is -2.56. The molecule has 0 aliphatic heterocycles. The Hall–Kier alpha value is -0.610. The lowest BCUT2D eigenvalue weighted by molar-refractivity contribution is -0.154. The van der Waals surface area contributed by atoms with Gasteiger partial charge in [-0.05, 0) is 41.0 Å². The van der Waals surface area contributed by atoms with Gasteiger partial charge in [-0.2, -0.15) is 0 Å². The van der Waals surface area contributed by atoms with Gasteiger partial charge in [0.05, 0.1) is 19.3 Å². The highest BCUT2D eigenvalue weighted by molar-refractivity contribution is 5.80. The number of carbonyl (C=O) groups is 1. The molecule has 0 aromatic carbocycles. The molecule has 0 rings (SSSR count). The largest absolute Gasteiger partial charge is 0.465 e. The second-order valence-corrected chi connectivity index (χ2v) is 5.26. The molecule has 0 bridgehead atoms. The van der Waals surface area contributed by atoms with Gasteiger partial charge in [-0.25, -0.2) is 4.79 Å². The van der Waals surface area contributed by atoms with Crippen LogP contribution in [0.5, 0.6) is 0 Å². The predicted molar refractivity (Wildman–Crippen MR) is 73.6 cm³/mol. The third kappa shape index (κ3) is 6.36. The van der Waals surface area contributed by atoms with Crippen molar-refractivity contribution in [3.63, 3.8) is 0 Å². The minimum absolute atomic E-state index is 0.165. The summed E-state index contributed by atoms with van der Waals surface area (Å²) < 4.78 is 10.9. The van der Waals surface area contributed by atoms with E-state index in [1.54, 1.807) is 0 Å². The maximum absolute atomic E-state index is 12.0. The Balaban J connectivity index is 4.51. The fourth-order valence-electron chi connectivity index (χ4n) is 1.89. The molecule has 0 aromatic heterocycles. The highest BCUT2D eigenvalue weighted by atomic mass is 16.5. The summed E-state index contributed by atoms with van der Waals surface area (Å²) in [4.78, 5) is 12.0. The van der Waals surface area contributed by atoms with Gasteiger partial charge >= 0.3 is 5.97 Å². The summed E-state index contributed by atoms with van der Waals surface area (Å²) in [6.45, 7) is 12.5. The highest BCUT2D eigenvalue weighted by Crippen LogP contribution is 2.12. The first-order valence-corrected chi connectivity index (χ1v) is 6.92. The summed E-state index contributed by atoms with van der Waals surface area (Å²) in [5.74, 6) is -0.248. The van der Waals surface area contributed by atoms with Gasteiger partial charge in [0.25, 0.3) is 0 Å². The topological polar surface area (TPSA) is 47.6 Å². The second-order valence-electron chi connectivity index (χ2n) is 5.26. The molecular formula is C14H29NO3. The number of carbonyl (C=O) groups excluding carboxylic acids is 1. The summed E-state index contributed by atoms with van der Waals surface area (Å²) in [5.41, 5.74) is -0.772. The fourth-order valence-corrected chi connectivity index (χ4v) is 1.89. The molecule has 0 heterocycles. The average molecular weight is 259 g/mol. The smallest absolute Gasteiger partial charge is 0.328 e. The Labute approximate surface area is 111 Å². The first-order chi connectivity index (χ1) is 8.35. The molecule has 0 amide bonds. The van der Waals surface area contributed by atoms with Crippen molar-refractivity contribution in [1.29, 1.82) is 0 Å². The molecule has 0 radical (unpaired) electrons. The molecule has 0 aliphatic rings. The quantitative estimate of drug-likeness (QED) is 0.646. The van der Waals surface area contributed by atoms with E-state index >= 15 is 0 Å². The van der Waals surface area contributed by atoms with Gasteiger partial charge in [0.1, 0.15) is 5.54 Å². The molecule has 0 saturated carbocycles. The van der Waals surface area contributed by atoms with Crippen LogP contribution in [-0.4, -0.2) is 36.9 Å². The number of hydrogen-bond donors (Lipinski definition) is 1. The maximum Gasteiger partial charge on any atom is 0.328 e. The second kappa shape index (κ2) is 8.48. The van der Waals surface area contributed by atoms with Gasteiger partial charge in [0.2, 0.25) is 0 Å². The molecule has 0 spiro atoms. The van der Waals surface area contributed by atoms with Crippen molar-refractivity contribution in [2.24, 2.45) is 0 Å². The fraction of sp³-hybridized carbons (Fsp3) is 0.929. The van der Waals surface area contributed by atoms with E-state index in [4.69, 9.17) is 9.47 Å². The Morgan fingerprint density at radius 2 is 1.89 bits per heavy atom. The minimum Gasteiger partial charge on any atom is -0.465 e. The third-order valence-electron chi connectivity index (χ3n) is 2.68.